The molecule has 0 spiro atoms. The molecule has 0 aliphatic heterocycles. The monoisotopic (exact) mass is 351 g/mol. The van der Waals surface area contributed by atoms with Crippen LogP contribution in [0.3, 0.4) is 0 Å². The van der Waals surface area contributed by atoms with Gasteiger partial charge in [-0.3, -0.25) is 0 Å². The smallest absolute Gasteiger partial charge is 0.0408 e. The van der Waals surface area contributed by atoms with E-state index in [1.165, 1.54) is 16.7 Å². The Kier molecular flexibility index (Phi) is 5.64. The van der Waals surface area contributed by atoms with Gasteiger partial charge in [0.15, 0.2) is 0 Å². The molecule has 1 atom stereocenters. The van der Waals surface area contributed by atoms with E-state index < -0.39 is 0 Å². The van der Waals surface area contributed by atoms with Crippen LogP contribution >= 0.6 is 27.5 Å². The van der Waals surface area contributed by atoms with Crippen molar-refractivity contribution in [1.82, 2.24) is 5.32 Å². The van der Waals surface area contributed by atoms with Crippen molar-refractivity contribution < 1.29 is 0 Å². The standard InChI is InChI=1S/C17H19BrClN/c1-3-20-17(11-13-5-4-6-14(19)10-13)15-9-12(2)7-8-16(15)18/h4-10,17,20H,3,11H2,1-2H3. The first-order valence-corrected chi connectivity index (χ1v) is 8.01. The first kappa shape index (κ1) is 15.6. The number of rotatable bonds is 5. The van der Waals surface area contributed by atoms with Gasteiger partial charge in [0.2, 0.25) is 0 Å². The van der Waals surface area contributed by atoms with Crippen LogP contribution in [-0.4, -0.2) is 6.54 Å². The van der Waals surface area contributed by atoms with Gasteiger partial charge >= 0.3 is 0 Å². The molecule has 20 heavy (non-hydrogen) atoms. The molecule has 0 aliphatic rings. The predicted octanol–water partition coefficient (Wildman–Crippen LogP) is 5.30. The quantitative estimate of drug-likeness (QED) is 0.769. The van der Waals surface area contributed by atoms with Crippen LogP contribution in [0.15, 0.2) is 46.9 Å². The first-order valence-electron chi connectivity index (χ1n) is 6.84. The van der Waals surface area contributed by atoms with Crippen molar-refractivity contribution in [2.75, 3.05) is 6.54 Å². The van der Waals surface area contributed by atoms with Gasteiger partial charge in [-0.15, -0.1) is 0 Å². The zero-order valence-electron chi connectivity index (χ0n) is 11.8. The number of benzene rings is 2. The molecule has 0 aromatic heterocycles. The summed E-state index contributed by atoms with van der Waals surface area (Å²) >= 11 is 9.74. The highest BCUT2D eigenvalue weighted by atomic mass is 79.9. The maximum absolute atomic E-state index is 6.08. The van der Waals surface area contributed by atoms with E-state index in [1.54, 1.807) is 0 Å². The minimum absolute atomic E-state index is 0.285. The van der Waals surface area contributed by atoms with E-state index in [4.69, 9.17) is 11.6 Å². The van der Waals surface area contributed by atoms with Gasteiger partial charge < -0.3 is 5.32 Å². The van der Waals surface area contributed by atoms with Crippen molar-refractivity contribution in [2.24, 2.45) is 0 Å². The molecule has 0 radical (unpaired) electrons. The lowest BCUT2D eigenvalue weighted by atomic mass is 9.97. The van der Waals surface area contributed by atoms with Crippen LogP contribution in [-0.2, 0) is 6.42 Å². The first-order chi connectivity index (χ1) is 9.60. The Balaban J connectivity index is 2.29. The van der Waals surface area contributed by atoms with Crippen molar-refractivity contribution >= 4 is 27.5 Å². The lowest BCUT2D eigenvalue weighted by Gasteiger charge is -2.20. The van der Waals surface area contributed by atoms with E-state index in [9.17, 15) is 0 Å². The van der Waals surface area contributed by atoms with Crippen molar-refractivity contribution in [1.29, 1.82) is 0 Å². The number of likely N-dealkylation sites (N-methyl/N-ethyl adjacent to an activating group) is 1. The highest BCUT2D eigenvalue weighted by Gasteiger charge is 2.14. The number of hydrogen-bond acceptors (Lipinski definition) is 1. The minimum atomic E-state index is 0.285. The summed E-state index contributed by atoms with van der Waals surface area (Å²) in [4.78, 5) is 0. The van der Waals surface area contributed by atoms with Crippen LogP contribution < -0.4 is 5.32 Å². The van der Waals surface area contributed by atoms with Crippen molar-refractivity contribution in [3.63, 3.8) is 0 Å². The second-order valence-electron chi connectivity index (χ2n) is 4.97. The summed E-state index contributed by atoms with van der Waals surface area (Å²) in [6.07, 6.45) is 0.927. The Morgan fingerprint density at radius 2 is 2.00 bits per heavy atom. The SMILES string of the molecule is CCNC(Cc1cccc(Cl)c1)c1cc(C)ccc1Br. The lowest BCUT2D eigenvalue weighted by Crippen LogP contribution is -2.23. The van der Waals surface area contributed by atoms with Crippen molar-refractivity contribution in [2.45, 2.75) is 26.3 Å². The van der Waals surface area contributed by atoms with Crippen molar-refractivity contribution in [3.05, 3.63) is 68.7 Å². The molecule has 0 amide bonds. The van der Waals surface area contributed by atoms with Crippen LogP contribution in [0.1, 0.15) is 29.7 Å². The second kappa shape index (κ2) is 7.26. The molecule has 0 heterocycles. The van der Waals surface area contributed by atoms with Crippen LogP contribution in [0.5, 0.6) is 0 Å². The van der Waals surface area contributed by atoms with E-state index in [1.807, 2.05) is 18.2 Å². The molecule has 1 nitrogen and oxygen atoms in total. The Morgan fingerprint density at radius 3 is 2.70 bits per heavy atom. The molecule has 0 saturated carbocycles. The third-order valence-corrected chi connectivity index (χ3v) is 4.26. The van der Waals surface area contributed by atoms with Gasteiger partial charge in [0.1, 0.15) is 0 Å². The Labute approximate surface area is 134 Å². The summed E-state index contributed by atoms with van der Waals surface area (Å²) in [6, 6.07) is 14.8. The average molecular weight is 353 g/mol. The molecular formula is C17H19BrClN. The molecule has 106 valence electrons. The number of halogens is 2. The summed E-state index contributed by atoms with van der Waals surface area (Å²) in [7, 11) is 0. The van der Waals surface area contributed by atoms with Gasteiger partial charge in [-0.05, 0) is 49.2 Å². The Bertz CT molecular complexity index is 583. The highest BCUT2D eigenvalue weighted by Crippen LogP contribution is 2.27. The molecule has 2 aromatic carbocycles. The van der Waals surface area contributed by atoms with Crippen LogP contribution in [0, 0.1) is 6.92 Å². The number of hydrogen-bond donors (Lipinski definition) is 1. The number of aryl methyl sites for hydroxylation is 1. The molecule has 2 aromatic rings. The average Bonchev–Trinajstić information content (AvgIpc) is 2.41. The van der Waals surface area contributed by atoms with Crippen molar-refractivity contribution in [3.8, 4) is 0 Å². The molecule has 0 fully saturated rings. The fourth-order valence-corrected chi connectivity index (χ4v) is 3.10. The van der Waals surface area contributed by atoms with E-state index in [-0.39, 0.29) is 6.04 Å². The Hall–Kier alpha value is -0.830. The number of nitrogens with one attached hydrogen (secondary N) is 1. The topological polar surface area (TPSA) is 12.0 Å². The molecular weight excluding hydrogens is 334 g/mol. The van der Waals surface area contributed by atoms with E-state index in [0.717, 1.165) is 22.5 Å². The third kappa shape index (κ3) is 4.08. The fraction of sp³-hybridized carbons (Fsp3) is 0.294. The molecule has 1 unspecified atom stereocenters. The molecule has 3 heteroatoms. The van der Waals surface area contributed by atoms with E-state index in [0.29, 0.717) is 0 Å². The normalized spacial score (nSPS) is 12.4. The van der Waals surface area contributed by atoms with Gasteiger partial charge in [-0.25, -0.2) is 0 Å². The van der Waals surface area contributed by atoms with Crippen LogP contribution in [0.4, 0.5) is 0 Å². The zero-order valence-corrected chi connectivity index (χ0v) is 14.1. The fourth-order valence-electron chi connectivity index (χ4n) is 2.37. The summed E-state index contributed by atoms with van der Waals surface area (Å²) in [6.45, 7) is 5.19. The van der Waals surface area contributed by atoms with E-state index in [2.05, 4.69) is 59.4 Å². The zero-order chi connectivity index (χ0) is 14.5. The molecule has 1 N–H and O–H groups in total. The molecule has 0 bridgehead atoms. The maximum atomic E-state index is 6.08. The predicted molar refractivity (Wildman–Crippen MR) is 90.5 cm³/mol. The van der Waals surface area contributed by atoms with Crippen LogP contribution in [0.2, 0.25) is 5.02 Å². The van der Waals surface area contributed by atoms with Gasteiger partial charge in [0, 0.05) is 15.5 Å². The van der Waals surface area contributed by atoms with Gasteiger partial charge in [0.05, 0.1) is 0 Å². The Morgan fingerprint density at radius 1 is 1.20 bits per heavy atom. The molecule has 0 saturated heterocycles. The van der Waals surface area contributed by atoms with Gasteiger partial charge in [0.25, 0.3) is 0 Å². The molecule has 2 rings (SSSR count). The molecule has 0 aliphatic carbocycles. The van der Waals surface area contributed by atoms with Gasteiger partial charge in [-0.1, -0.05) is 64.3 Å². The summed E-state index contributed by atoms with van der Waals surface area (Å²) in [5, 5.41) is 4.35. The highest BCUT2D eigenvalue weighted by molar-refractivity contribution is 9.10. The summed E-state index contributed by atoms with van der Waals surface area (Å²) in [5.41, 5.74) is 3.82. The lowest BCUT2D eigenvalue weighted by molar-refractivity contribution is 0.547. The summed E-state index contributed by atoms with van der Waals surface area (Å²) < 4.78 is 1.15. The minimum Gasteiger partial charge on any atom is -0.310 e. The largest absolute Gasteiger partial charge is 0.310 e. The van der Waals surface area contributed by atoms with Gasteiger partial charge in [-0.2, -0.15) is 0 Å². The third-order valence-electron chi connectivity index (χ3n) is 3.31. The maximum Gasteiger partial charge on any atom is 0.0408 e. The van der Waals surface area contributed by atoms with E-state index >= 15 is 0 Å². The second-order valence-corrected chi connectivity index (χ2v) is 6.26. The van der Waals surface area contributed by atoms with Crippen LogP contribution in [0.25, 0.3) is 0 Å². The summed E-state index contributed by atoms with van der Waals surface area (Å²) in [5.74, 6) is 0.